The molecule has 2 aromatic rings. The lowest BCUT2D eigenvalue weighted by molar-refractivity contribution is -0.116. The van der Waals surface area contributed by atoms with Crippen LogP contribution in [0.15, 0.2) is 17.1 Å². The Morgan fingerprint density at radius 1 is 1.19 bits per heavy atom. The van der Waals surface area contributed by atoms with Crippen molar-refractivity contribution in [2.24, 2.45) is 0 Å². The minimum atomic E-state index is -0.326. The van der Waals surface area contributed by atoms with Crippen molar-refractivity contribution in [1.82, 2.24) is 19.7 Å². The predicted octanol–water partition coefficient (Wildman–Crippen LogP) is 3.07. The molecule has 1 saturated carbocycles. The van der Waals surface area contributed by atoms with E-state index in [0.717, 1.165) is 37.2 Å². The molecule has 1 aliphatic heterocycles. The summed E-state index contributed by atoms with van der Waals surface area (Å²) in [5, 5.41) is 5.92. The molecule has 138 valence electrons. The summed E-state index contributed by atoms with van der Waals surface area (Å²) in [5.74, 6) is 1.16. The van der Waals surface area contributed by atoms with Crippen LogP contribution >= 0.6 is 0 Å². The normalized spacial score (nSPS) is 20.9. The molecule has 1 atom stereocenters. The highest BCUT2D eigenvalue weighted by Gasteiger charge is 2.35. The van der Waals surface area contributed by atoms with E-state index in [9.17, 15) is 9.59 Å². The minimum Gasteiger partial charge on any atom is -0.311 e. The van der Waals surface area contributed by atoms with Crippen molar-refractivity contribution in [3.63, 3.8) is 0 Å². The number of aromatic nitrogens is 4. The van der Waals surface area contributed by atoms with E-state index in [0.29, 0.717) is 11.4 Å². The summed E-state index contributed by atoms with van der Waals surface area (Å²) < 4.78 is 1.89. The number of anilines is 1. The lowest BCUT2D eigenvalue weighted by Crippen LogP contribution is -2.28. The number of nitrogens with zero attached hydrogens (tertiary/aromatic N) is 3. The van der Waals surface area contributed by atoms with Gasteiger partial charge in [0.25, 0.3) is 5.56 Å². The lowest BCUT2D eigenvalue weighted by atomic mass is 9.90. The van der Waals surface area contributed by atoms with Crippen LogP contribution in [0.4, 0.5) is 5.82 Å². The van der Waals surface area contributed by atoms with Gasteiger partial charge in [-0.15, -0.1) is 0 Å². The van der Waals surface area contributed by atoms with Gasteiger partial charge in [-0.1, -0.05) is 33.1 Å². The number of carbonyl (C=O) groups excluding carboxylic acids is 1. The van der Waals surface area contributed by atoms with Crippen molar-refractivity contribution >= 4 is 11.7 Å². The molecular formula is C19H25N5O2. The molecule has 0 bridgehead atoms. The number of H-pyrrole nitrogens is 1. The first-order chi connectivity index (χ1) is 12.5. The summed E-state index contributed by atoms with van der Waals surface area (Å²) in [6.07, 6.45) is 7.56. The molecule has 7 nitrogen and oxygen atoms in total. The summed E-state index contributed by atoms with van der Waals surface area (Å²) in [5.41, 5.74) is 1.25. The minimum absolute atomic E-state index is 0.0734. The Morgan fingerprint density at radius 2 is 1.96 bits per heavy atom. The van der Waals surface area contributed by atoms with Crippen LogP contribution in [0.1, 0.15) is 87.3 Å². The summed E-state index contributed by atoms with van der Waals surface area (Å²) in [7, 11) is 0. The molecule has 0 radical (unpaired) electrons. The smallest absolute Gasteiger partial charge is 0.270 e. The number of amides is 1. The topological polar surface area (TPSA) is 92.7 Å². The highest BCUT2D eigenvalue weighted by atomic mass is 16.2. The van der Waals surface area contributed by atoms with E-state index in [1.165, 1.54) is 6.42 Å². The van der Waals surface area contributed by atoms with Crippen molar-refractivity contribution in [3.05, 3.63) is 39.7 Å². The Labute approximate surface area is 152 Å². The van der Waals surface area contributed by atoms with Crippen LogP contribution in [0.5, 0.6) is 0 Å². The first-order valence-electron chi connectivity index (χ1n) is 9.51. The Morgan fingerprint density at radius 3 is 2.69 bits per heavy atom. The standard InChI is InChI=1S/C19H25N5O2/c1-11(2)17-20-9-8-14(21-17)13-10-15(25)22-18-16(13)19(26)23-24(18)12-6-4-3-5-7-12/h8-9,11-13H,3-7,10H2,1-2H3,(H,22,25)(H,23,26)/t13-/m1/s1. The van der Waals surface area contributed by atoms with E-state index in [4.69, 9.17) is 0 Å². The lowest BCUT2D eigenvalue weighted by Gasteiger charge is -2.27. The maximum Gasteiger partial charge on any atom is 0.270 e. The molecule has 0 unspecified atom stereocenters. The van der Waals surface area contributed by atoms with Crippen LogP contribution in [-0.2, 0) is 4.79 Å². The molecule has 2 aromatic heterocycles. The Kier molecular flexibility index (Phi) is 4.38. The molecule has 2 N–H and O–H groups in total. The van der Waals surface area contributed by atoms with Gasteiger partial charge in [0.2, 0.25) is 5.91 Å². The van der Waals surface area contributed by atoms with E-state index in [1.807, 2.05) is 24.6 Å². The van der Waals surface area contributed by atoms with Gasteiger partial charge in [0.1, 0.15) is 11.6 Å². The molecule has 0 saturated heterocycles. The van der Waals surface area contributed by atoms with Gasteiger partial charge in [-0.3, -0.25) is 19.4 Å². The average molecular weight is 355 g/mol. The molecule has 26 heavy (non-hydrogen) atoms. The number of hydrogen-bond donors (Lipinski definition) is 2. The largest absolute Gasteiger partial charge is 0.311 e. The number of rotatable bonds is 3. The molecule has 3 heterocycles. The summed E-state index contributed by atoms with van der Waals surface area (Å²) in [4.78, 5) is 34.1. The van der Waals surface area contributed by atoms with Crippen LogP contribution in [0.3, 0.4) is 0 Å². The van der Waals surface area contributed by atoms with E-state index in [2.05, 4.69) is 20.4 Å². The maximum absolute atomic E-state index is 12.8. The Bertz CT molecular complexity index is 876. The third-order valence-electron chi connectivity index (χ3n) is 5.47. The highest BCUT2D eigenvalue weighted by Crippen LogP contribution is 2.38. The van der Waals surface area contributed by atoms with Crippen molar-refractivity contribution in [2.75, 3.05) is 5.32 Å². The summed E-state index contributed by atoms with van der Waals surface area (Å²) >= 11 is 0. The predicted molar refractivity (Wildman–Crippen MR) is 98.4 cm³/mol. The van der Waals surface area contributed by atoms with Crippen LogP contribution in [0.25, 0.3) is 0 Å². The van der Waals surface area contributed by atoms with Crippen molar-refractivity contribution in [1.29, 1.82) is 0 Å². The number of carbonyl (C=O) groups is 1. The molecule has 7 heteroatoms. The van der Waals surface area contributed by atoms with Gasteiger partial charge in [-0.25, -0.2) is 9.97 Å². The van der Waals surface area contributed by atoms with Gasteiger partial charge in [0, 0.05) is 24.5 Å². The summed E-state index contributed by atoms with van der Waals surface area (Å²) in [6.45, 7) is 4.06. The first-order valence-corrected chi connectivity index (χ1v) is 9.51. The quantitative estimate of drug-likeness (QED) is 0.885. The van der Waals surface area contributed by atoms with E-state index in [1.54, 1.807) is 6.20 Å². The van der Waals surface area contributed by atoms with Crippen molar-refractivity contribution < 1.29 is 4.79 Å². The first kappa shape index (κ1) is 17.0. The van der Waals surface area contributed by atoms with Crippen LogP contribution in [-0.4, -0.2) is 25.7 Å². The molecule has 0 aromatic carbocycles. The van der Waals surface area contributed by atoms with E-state index >= 15 is 0 Å². The second-order valence-corrected chi connectivity index (χ2v) is 7.66. The zero-order valence-electron chi connectivity index (χ0n) is 15.3. The molecule has 1 aliphatic carbocycles. The third-order valence-corrected chi connectivity index (χ3v) is 5.47. The zero-order valence-corrected chi connectivity index (χ0v) is 15.3. The Hall–Kier alpha value is -2.44. The van der Waals surface area contributed by atoms with Crippen LogP contribution < -0.4 is 10.9 Å². The van der Waals surface area contributed by atoms with Crippen LogP contribution in [0.2, 0.25) is 0 Å². The third kappa shape index (κ3) is 2.95. The van der Waals surface area contributed by atoms with Crippen molar-refractivity contribution in [2.45, 2.75) is 70.3 Å². The average Bonchev–Trinajstić information content (AvgIpc) is 2.98. The molecule has 4 rings (SSSR count). The van der Waals surface area contributed by atoms with Crippen LogP contribution in [0, 0.1) is 0 Å². The fourth-order valence-corrected chi connectivity index (χ4v) is 4.11. The monoisotopic (exact) mass is 355 g/mol. The second kappa shape index (κ2) is 6.70. The molecule has 0 spiro atoms. The molecular weight excluding hydrogens is 330 g/mol. The highest BCUT2D eigenvalue weighted by molar-refractivity contribution is 5.94. The van der Waals surface area contributed by atoms with Gasteiger partial charge < -0.3 is 5.32 Å². The summed E-state index contributed by atoms with van der Waals surface area (Å²) in [6, 6.07) is 2.06. The Balaban J connectivity index is 1.79. The van der Waals surface area contributed by atoms with Gasteiger partial charge in [0.05, 0.1) is 17.3 Å². The fraction of sp³-hybridized carbons (Fsp3) is 0.579. The van der Waals surface area contributed by atoms with Gasteiger partial charge >= 0.3 is 0 Å². The molecule has 2 aliphatic rings. The number of aromatic amines is 1. The van der Waals surface area contributed by atoms with Gasteiger partial charge in [-0.05, 0) is 18.9 Å². The van der Waals surface area contributed by atoms with Crippen molar-refractivity contribution in [3.8, 4) is 0 Å². The molecule has 1 amide bonds. The SMILES string of the molecule is CC(C)c1nccc([C@H]2CC(=O)Nc3c2c(=O)[nH]n3C2CCCCC2)n1. The maximum atomic E-state index is 12.8. The zero-order chi connectivity index (χ0) is 18.3. The van der Waals surface area contributed by atoms with Gasteiger partial charge in [-0.2, -0.15) is 0 Å². The number of hydrogen-bond acceptors (Lipinski definition) is 4. The second-order valence-electron chi connectivity index (χ2n) is 7.66. The van der Waals surface area contributed by atoms with E-state index in [-0.39, 0.29) is 35.8 Å². The van der Waals surface area contributed by atoms with Gasteiger partial charge in [0.15, 0.2) is 0 Å². The number of nitrogens with one attached hydrogen (secondary N) is 2. The number of fused-ring (bicyclic) bond motifs is 1. The molecule has 1 fully saturated rings. The fourth-order valence-electron chi connectivity index (χ4n) is 4.11. The van der Waals surface area contributed by atoms with E-state index < -0.39 is 0 Å².